The number of hydrogen-bond acceptors (Lipinski definition) is 1. The van der Waals surface area contributed by atoms with E-state index in [1.54, 1.807) is 12.3 Å². The lowest BCUT2D eigenvalue weighted by molar-refractivity contribution is 0.211. The molecule has 1 heterocycles. The maximum Gasteiger partial charge on any atom is 0.141 e. The molecule has 0 bridgehead atoms. The molecule has 1 heteroatoms. The first-order chi connectivity index (χ1) is 7.78. The third-order valence-electron chi connectivity index (χ3n) is 2.55. The van der Waals surface area contributed by atoms with Crippen LogP contribution < -0.4 is 0 Å². The molecule has 0 saturated carbocycles. The van der Waals surface area contributed by atoms with Crippen molar-refractivity contribution in [2.24, 2.45) is 0 Å². The first-order valence-corrected chi connectivity index (χ1v) is 5.33. The number of ether oxygens (including phenoxy) is 1. The Morgan fingerprint density at radius 1 is 1.12 bits per heavy atom. The zero-order valence-electron chi connectivity index (χ0n) is 9.61. The van der Waals surface area contributed by atoms with E-state index in [9.17, 15) is 0 Å². The summed E-state index contributed by atoms with van der Waals surface area (Å²) in [6.07, 6.45) is 10.7. The number of allylic oxidation sites excluding steroid dienone is 4. The van der Waals surface area contributed by atoms with Gasteiger partial charge >= 0.3 is 0 Å². The summed E-state index contributed by atoms with van der Waals surface area (Å²) in [5.41, 5.74) is 3.44. The second-order valence-electron chi connectivity index (χ2n) is 3.56. The van der Waals surface area contributed by atoms with Crippen molar-refractivity contribution in [1.29, 1.82) is 0 Å². The van der Waals surface area contributed by atoms with E-state index in [1.165, 1.54) is 5.57 Å². The highest BCUT2D eigenvalue weighted by molar-refractivity contribution is 5.46. The third kappa shape index (κ3) is 2.43. The summed E-state index contributed by atoms with van der Waals surface area (Å²) in [6.45, 7) is 15.1. The van der Waals surface area contributed by atoms with Crippen LogP contribution >= 0.6 is 0 Å². The maximum absolute atomic E-state index is 5.58. The summed E-state index contributed by atoms with van der Waals surface area (Å²) >= 11 is 0. The van der Waals surface area contributed by atoms with Gasteiger partial charge in [0, 0.05) is 0 Å². The Balaban J connectivity index is 3.15. The highest BCUT2D eigenvalue weighted by Crippen LogP contribution is 2.31. The normalized spacial score (nSPS) is 19.5. The van der Waals surface area contributed by atoms with Crippen LogP contribution in [0.15, 0.2) is 73.6 Å². The summed E-state index contributed by atoms with van der Waals surface area (Å²) in [4.78, 5) is 0. The predicted octanol–water partition coefficient (Wildman–Crippen LogP) is 4.09. The molecular formula is C15H18O. The van der Waals surface area contributed by atoms with Gasteiger partial charge in [-0.15, -0.1) is 13.2 Å². The van der Waals surface area contributed by atoms with Gasteiger partial charge in [0.2, 0.25) is 0 Å². The molecule has 1 unspecified atom stereocenters. The van der Waals surface area contributed by atoms with Gasteiger partial charge in [0.05, 0.1) is 6.26 Å². The Labute approximate surface area is 97.8 Å². The van der Waals surface area contributed by atoms with Gasteiger partial charge in [-0.25, -0.2) is 0 Å². The van der Waals surface area contributed by atoms with E-state index in [4.69, 9.17) is 4.74 Å². The summed E-state index contributed by atoms with van der Waals surface area (Å²) < 4.78 is 5.58. The van der Waals surface area contributed by atoms with Crippen molar-refractivity contribution in [2.75, 3.05) is 0 Å². The molecule has 0 aromatic rings. The summed E-state index contributed by atoms with van der Waals surface area (Å²) in [5, 5.41) is 0. The fraction of sp³-hybridized carbons (Fsp3) is 0.200. The van der Waals surface area contributed by atoms with Crippen molar-refractivity contribution < 1.29 is 4.74 Å². The average Bonchev–Trinajstić information content (AvgIpc) is 2.31. The fourth-order valence-corrected chi connectivity index (χ4v) is 1.80. The topological polar surface area (TPSA) is 9.23 Å². The largest absolute Gasteiger partial charge is 0.489 e. The van der Waals surface area contributed by atoms with E-state index >= 15 is 0 Å². The van der Waals surface area contributed by atoms with E-state index in [1.807, 2.05) is 18.2 Å². The first kappa shape index (κ1) is 12.3. The van der Waals surface area contributed by atoms with Crippen LogP contribution in [0.2, 0.25) is 0 Å². The maximum atomic E-state index is 5.58. The average molecular weight is 214 g/mol. The Morgan fingerprint density at radius 2 is 1.81 bits per heavy atom. The molecule has 1 aliphatic heterocycles. The Kier molecular flexibility index (Phi) is 4.59. The van der Waals surface area contributed by atoms with Crippen LogP contribution in [0.5, 0.6) is 0 Å². The molecule has 1 nitrogen and oxygen atoms in total. The Hall–Kier alpha value is -1.76. The second kappa shape index (κ2) is 5.96. The monoisotopic (exact) mass is 214 g/mol. The van der Waals surface area contributed by atoms with Gasteiger partial charge in [-0.05, 0) is 35.6 Å². The lowest BCUT2D eigenvalue weighted by Gasteiger charge is -2.25. The zero-order valence-corrected chi connectivity index (χ0v) is 9.61. The molecule has 0 spiro atoms. The van der Waals surface area contributed by atoms with Gasteiger partial charge < -0.3 is 4.74 Å². The molecule has 0 aliphatic carbocycles. The van der Waals surface area contributed by atoms with E-state index in [0.29, 0.717) is 0 Å². The van der Waals surface area contributed by atoms with E-state index in [2.05, 4.69) is 26.3 Å². The predicted molar refractivity (Wildman–Crippen MR) is 70.0 cm³/mol. The lowest BCUT2D eigenvalue weighted by atomic mass is 9.91. The highest BCUT2D eigenvalue weighted by atomic mass is 16.5. The van der Waals surface area contributed by atoms with Crippen LogP contribution in [0.25, 0.3) is 0 Å². The molecule has 1 atom stereocenters. The standard InChI is InChI=1S/C15H18O/c1-5-9-12-11-16-15(8-4)13(7-3)14(12)10-6-2/h5-8,11,15H,1-4,9-10H2. The summed E-state index contributed by atoms with van der Waals surface area (Å²) in [7, 11) is 0. The van der Waals surface area contributed by atoms with E-state index < -0.39 is 0 Å². The molecule has 1 aliphatic rings. The van der Waals surface area contributed by atoms with Gasteiger partial charge in [-0.1, -0.05) is 31.4 Å². The fourth-order valence-electron chi connectivity index (χ4n) is 1.80. The minimum atomic E-state index is -0.0963. The van der Waals surface area contributed by atoms with Crippen molar-refractivity contribution in [3.63, 3.8) is 0 Å². The Bertz CT molecular complexity index is 369. The van der Waals surface area contributed by atoms with E-state index in [-0.39, 0.29) is 6.10 Å². The van der Waals surface area contributed by atoms with Gasteiger partial charge in [0.15, 0.2) is 0 Å². The minimum Gasteiger partial charge on any atom is -0.489 e. The quantitative estimate of drug-likeness (QED) is 0.605. The van der Waals surface area contributed by atoms with Crippen molar-refractivity contribution in [3.05, 3.63) is 73.6 Å². The molecule has 0 saturated heterocycles. The van der Waals surface area contributed by atoms with Crippen molar-refractivity contribution in [1.82, 2.24) is 0 Å². The number of rotatable bonds is 6. The van der Waals surface area contributed by atoms with Gasteiger partial charge in [-0.3, -0.25) is 0 Å². The van der Waals surface area contributed by atoms with Crippen LogP contribution in [-0.2, 0) is 4.74 Å². The van der Waals surface area contributed by atoms with Crippen LogP contribution in [-0.4, -0.2) is 6.10 Å². The van der Waals surface area contributed by atoms with Gasteiger partial charge in [0.25, 0.3) is 0 Å². The highest BCUT2D eigenvalue weighted by Gasteiger charge is 2.20. The SMILES string of the molecule is C=CCC1=COC(C=C)C(C=C)=C1CC=C. The van der Waals surface area contributed by atoms with Crippen molar-refractivity contribution in [2.45, 2.75) is 18.9 Å². The molecule has 0 amide bonds. The summed E-state index contributed by atoms with van der Waals surface area (Å²) in [5.74, 6) is 0. The number of hydrogen-bond donors (Lipinski definition) is 0. The molecule has 0 radical (unpaired) electrons. The third-order valence-corrected chi connectivity index (χ3v) is 2.55. The van der Waals surface area contributed by atoms with E-state index in [0.717, 1.165) is 24.0 Å². The zero-order chi connectivity index (χ0) is 12.0. The molecule has 0 N–H and O–H groups in total. The van der Waals surface area contributed by atoms with Crippen molar-refractivity contribution in [3.8, 4) is 0 Å². The molecule has 1 rings (SSSR count). The van der Waals surface area contributed by atoms with Crippen LogP contribution in [0, 0.1) is 0 Å². The van der Waals surface area contributed by atoms with Gasteiger partial charge in [0.1, 0.15) is 6.10 Å². The second-order valence-corrected chi connectivity index (χ2v) is 3.56. The molecule has 84 valence electrons. The molecule has 16 heavy (non-hydrogen) atoms. The van der Waals surface area contributed by atoms with Crippen LogP contribution in [0.4, 0.5) is 0 Å². The smallest absolute Gasteiger partial charge is 0.141 e. The molecule has 0 aromatic carbocycles. The van der Waals surface area contributed by atoms with Gasteiger partial charge in [-0.2, -0.15) is 0 Å². The van der Waals surface area contributed by atoms with Crippen molar-refractivity contribution >= 4 is 0 Å². The summed E-state index contributed by atoms with van der Waals surface area (Å²) in [6, 6.07) is 0. The first-order valence-electron chi connectivity index (χ1n) is 5.33. The van der Waals surface area contributed by atoms with Crippen LogP contribution in [0.3, 0.4) is 0 Å². The minimum absolute atomic E-state index is 0.0963. The van der Waals surface area contributed by atoms with Crippen LogP contribution in [0.1, 0.15) is 12.8 Å². The molecular weight excluding hydrogens is 196 g/mol. The lowest BCUT2D eigenvalue weighted by Crippen LogP contribution is -2.16. The molecule has 0 fully saturated rings. The Morgan fingerprint density at radius 3 is 2.31 bits per heavy atom. The molecule has 0 aromatic heterocycles.